The summed E-state index contributed by atoms with van der Waals surface area (Å²) in [6.45, 7) is 2.75. The minimum atomic E-state index is -0.169. The van der Waals surface area contributed by atoms with Crippen LogP contribution < -0.4 is 10.1 Å². The fourth-order valence-electron chi connectivity index (χ4n) is 3.43. The Balaban J connectivity index is 1.36. The molecule has 0 aliphatic heterocycles. The third kappa shape index (κ3) is 4.81. The van der Waals surface area contributed by atoms with Crippen molar-refractivity contribution in [1.82, 2.24) is 14.9 Å². The molecule has 0 aliphatic rings. The number of para-hydroxylation sites is 1. The maximum Gasteiger partial charge on any atom is 0.213 e. The van der Waals surface area contributed by atoms with Crippen molar-refractivity contribution in [2.45, 2.75) is 19.5 Å². The minimum Gasteiger partial charge on any atom is -0.478 e. The average molecular weight is 389 g/mol. The summed E-state index contributed by atoms with van der Waals surface area (Å²) >= 11 is 0. The number of halogens is 1. The minimum absolute atomic E-state index is 0.169. The Hall–Kier alpha value is -3.18. The molecule has 0 amide bonds. The molecule has 5 heteroatoms. The summed E-state index contributed by atoms with van der Waals surface area (Å²) in [6.07, 6.45) is 4.74. The summed E-state index contributed by atoms with van der Waals surface area (Å²) in [5.74, 6) is 0.488. The van der Waals surface area contributed by atoms with Gasteiger partial charge in [-0.1, -0.05) is 42.5 Å². The lowest BCUT2D eigenvalue weighted by molar-refractivity contribution is 0.296. The summed E-state index contributed by atoms with van der Waals surface area (Å²) in [6, 6.07) is 20.9. The Morgan fingerprint density at radius 1 is 0.931 bits per heavy atom. The Morgan fingerprint density at radius 2 is 1.76 bits per heavy atom. The van der Waals surface area contributed by atoms with Gasteiger partial charge in [-0.25, -0.2) is 9.37 Å². The van der Waals surface area contributed by atoms with Gasteiger partial charge in [0.2, 0.25) is 5.88 Å². The molecule has 2 aromatic carbocycles. The number of hydrogen-bond donors (Lipinski definition) is 1. The van der Waals surface area contributed by atoms with Crippen LogP contribution in [-0.4, -0.2) is 22.7 Å². The summed E-state index contributed by atoms with van der Waals surface area (Å²) in [5, 5.41) is 4.68. The fourth-order valence-corrected chi connectivity index (χ4v) is 3.43. The summed E-state index contributed by atoms with van der Waals surface area (Å²) in [4.78, 5) is 4.15. The number of rotatable bonds is 9. The molecule has 148 valence electrons. The largest absolute Gasteiger partial charge is 0.478 e. The van der Waals surface area contributed by atoms with Crippen molar-refractivity contribution in [3.05, 3.63) is 96.1 Å². The average Bonchev–Trinajstić information content (AvgIpc) is 3.11. The van der Waals surface area contributed by atoms with Crippen LogP contribution in [-0.2, 0) is 13.1 Å². The molecule has 4 aromatic rings. The third-order valence-electron chi connectivity index (χ3n) is 4.87. The lowest BCUT2D eigenvalue weighted by Gasteiger charge is -2.06. The second-order valence-corrected chi connectivity index (χ2v) is 6.94. The van der Waals surface area contributed by atoms with E-state index in [0.717, 1.165) is 25.0 Å². The van der Waals surface area contributed by atoms with Gasteiger partial charge in [0.05, 0.1) is 13.2 Å². The van der Waals surface area contributed by atoms with Crippen LogP contribution in [0.2, 0.25) is 0 Å². The number of pyridine rings is 1. The zero-order valence-electron chi connectivity index (χ0n) is 16.2. The van der Waals surface area contributed by atoms with Crippen LogP contribution in [0.15, 0.2) is 79.1 Å². The van der Waals surface area contributed by atoms with Gasteiger partial charge in [-0.2, -0.15) is 0 Å². The van der Waals surface area contributed by atoms with Crippen molar-refractivity contribution in [2.24, 2.45) is 0 Å². The van der Waals surface area contributed by atoms with Gasteiger partial charge in [0.25, 0.3) is 0 Å². The molecule has 0 fully saturated rings. The Labute approximate surface area is 170 Å². The first-order valence-corrected chi connectivity index (χ1v) is 9.86. The van der Waals surface area contributed by atoms with Crippen molar-refractivity contribution in [3.63, 3.8) is 0 Å². The Kier molecular flexibility index (Phi) is 6.17. The molecule has 0 unspecified atom stereocenters. The molecule has 1 N–H and O–H groups in total. The number of ether oxygens (including phenoxy) is 1. The van der Waals surface area contributed by atoms with Crippen LogP contribution >= 0.6 is 0 Å². The summed E-state index contributed by atoms with van der Waals surface area (Å²) in [7, 11) is 0. The van der Waals surface area contributed by atoms with Crippen LogP contribution in [0, 0.1) is 5.82 Å². The van der Waals surface area contributed by atoms with Crippen molar-refractivity contribution in [1.29, 1.82) is 0 Å². The highest BCUT2D eigenvalue weighted by Gasteiger charge is 2.10. The van der Waals surface area contributed by atoms with E-state index in [1.807, 2.05) is 42.5 Å². The van der Waals surface area contributed by atoms with E-state index in [9.17, 15) is 4.39 Å². The van der Waals surface area contributed by atoms with E-state index in [0.29, 0.717) is 24.6 Å². The van der Waals surface area contributed by atoms with Crippen LogP contribution in [0.5, 0.6) is 5.88 Å². The smallest absolute Gasteiger partial charge is 0.213 e. The molecule has 29 heavy (non-hydrogen) atoms. The molecule has 0 spiro atoms. The first-order chi connectivity index (χ1) is 14.3. The lowest BCUT2D eigenvalue weighted by atomic mass is 10.2. The molecule has 0 atom stereocenters. The molecule has 0 aliphatic carbocycles. The zero-order chi connectivity index (χ0) is 19.9. The maximum absolute atomic E-state index is 14.1. The number of benzene rings is 2. The van der Waals surface area contributed by atoms with E-state index in [2.05, 4.69) is 33.2 Å². The van der Waals surface area contributed by atoms with Gasteiger partial charge in [0.1, 0.15) is 5.82 Å². The van der Waals surface area contributed by atoms with Gasteiger partial charge < -0.3 is 14.6 Å². The molecule has 4 rings (SSSR count). The van der Waals surface area contributed by atoms with Gasteiger partial charge in [-0.3, -0.25) is 0 Å². The molecule has 0 bridgehead atoms. The number of aromatic nitrogens is 2. The predicted octanol–water partition coefficient (Wildman–Crippen LogP) is 4.78. The Morgan fingerprint density at radius 3 is 2.62 bits per heavy atom. The van der Waals surface area contributed by atoms with Crippen LogP contribution in [0.4, 0.5) is 4.39 Å². The summed E-state index contributed by atoms with van der Waals surface area (Å²) < 4.78 is 21.8. The topological polar surface area (TPSA) is 39.1 Å². The highest BCUT2D eigenvalue weighted by atomic mass is 19.1. The Bertz CT molecular complexity index is 1060. The quantitative estimate of drug-likeness (QED) is 0.419. The van der Waals surface area contributed by atoms with E-state index in [1.165, 1.54) is 17.0 Å². The van der Waals surface area contributed by atoms with Gasteiger partial charge in [-0.15, -0.1) is 0 Å². The van der Waals surface area contributed by atoms with E-state index < -0.39 is 0 Å². The highest BCUT2D eigenvalue weighted by molar-refractivity contribution is 5.84. The van der Waals surface area contributed by atoms with Crippen LogP contribution in [0.1, 0.15) is 17.5 Å². The van der Waals surface area contributed by atoms with Crippen molar-refractivity contribution < 1.29 is 9.13 Å². The van der Waals surface area contributed by atoms with Crippen molar-refractivity contribution in [3.8, 4) is 5.88 Å². The second kappa shape index (κ2) is 9.34. The molecule has 2 heterocycles. The number of hydrogen-bond acceptors (Lipinski definition) is 3. The molecule has 4 nitrogen and oxygen atoms in total. The SMILES string of the molecule is Fc1ccccc1Cn1cc(CNCCCOc2ccccn2)c2ccccc21. The predicted molar refractivity (Wildman–Crippen MR) is 113 cm³/mol. The first-order valence-electron chi connectivity index (χ1n) is 9.86. The maximum atomic E-state index is 14.1. The van der Waals surface area contributed by atoms with E-state index >= 15 is 0 Å². The fraction of sp³-hybridized carbons (Fsp3) is 0.208. The zero-order valence-corrected chi connectivity index (χ0v) is 16.2. The number of nitrogens with zero attached hydrogens (tertiary/aromatic N) is 2. The number of fused-ring (bicyclic) bond motifs is 1. The van der Waals surface area contributed by atoms with Gasteiger partial charge in [0, 0.05) is 41.5 Å². The van der Waals surface area contributed by atoms with Crippen LogP contribution in [0.25, 0.3) is 10.9 Å². The monoisotopic (exact) mass is 389 g/mol. The van der Waals surface area contributed by atoms with Gasteiger partial charge >= 0.3 is 0 Å². The van der Waals surface area contributed by atoms with Crippen LogP contribution in [0.3, 0.4) is 0 Å². The molecule has 0 saturated carbocycles. The summed E-state index contributed by atoms with van der Waals surface area (Å²) in [5.41, 5.74) is 3.02. The normalized spacial score (nSPS) is 11.1. The third-order valence-corrected chi connectivity index (χ3v) is 4.87. The molecular formula is C24H24FN3O. The van der Waals surface area contributed by atoms with Crippen molar-refractivity contribution in [2.75, 3.05) is 13.2 Å². The van der Waals surface area contributed by atoms with Gasteiger partial charge in [0.15, 0.2) is 0 Å². The lowest BCUT2D eigenvalue weighted by Crippen LogP contribution is -2.17. The first kappa shape index (κ1) is 19.2. The molecular weight excluding hydrogens is 365 g/mol. The molecule has 2 aromatic heterocycles. The molecule has 0 saturated heterocycles. The standard InChI is InChI=1S/C24H24FN3O/c25-22-10-3-1-8-19(22)17-28-18-20(21-9-2-4-11-23(21)28)16-26-13-7-15-29-24-12-5-6-14-27-24/h1-6,8-12,14,18,26H,7,13,15-17H2. The number of nitrogens with one attached hydrogen (secondary N) is 1. The molecule has 0 radical (unpaired) electrons. The van der Waals surface area contributed by atoms with E-state index in [-0.39, 0.29) is 5.82 Å². The van der Waals surface area contributed by atoms with Crippen molar-refractivity contribution >= 4 is 10.9 Å². The van der Waals surface area contributed by atoms with Gasteiger partial charge in [-0.05, 0) is 36.7 Å². The second-order valence-electron chi connectivity index (χ2n) is 6.94. The van der Waals surface area contributed by atoms with E-state index in [1.54, 1.807) is 12.3 Å². The highest BCUT2D eigenvalue weighted by Crippen LogP contribution is 2.23. The van der Waals surface area contributed by atoms with E-state index in [4.69, 9.17) is 4.74 Å².